The Morgan fingerprint density at radius 3 is 2.47 bits per heavy atom. The first-order chi connectivity index (χ1) is 16.5. The molecule has 0 saturated carbocycles. The molecule has 0 amide bonds. The molecule has 0 aliphatic carbocycles. The van der Waals surface area contributed by atoms with Crippen molar-refractivity contribution in [2.45, 2.75) is 19.3 Å². The van der Waals surface area contributed by atoms with Crippen molar-refractivity contribution in [1.82, 2.24) is 14.8 Å². The molecule has 0 atom stereocenters. The molecular weight excluding hydrogens is 429 g/mol. The number of nitrogens with zero attached hydrogens (tertiary/aromatic N) is 3. The van der Waals surface area contributed by atoms with Crippen LogP contribution in [0.15, 0.2) is 66.9 Å². The molecule has 1 saturated heterocycles. The maximum atomic E-state index is 13.3. The standard InChI is InChI=1S/C28H32FN3O2/c1-31-13-15-32(16-14-31)17-18-34-28-11-7-23(8-12-28)24-6-9-26(30-21-24)20-27(33)10-5-22-3-2-4-25(29)19-22/h2-4,6-9,11-12,19,21H,5,10,13-18,20H2,1H3. The van der Waals surface area contributed by atoms with Crippen molar-refractivity contribution >= 4 is 5.78 Å². The van der Waals surface area contributed by atoms with E-state index in [0.29, 0.717) is 19.4 Å². The lowest BCUT2D eigenvalue weighted by Crippen LogP contribution is -2.45. The Morgan fingerprint density at radius 1 is 1.00 bits per heavy atom. The zero-order valence-corrected chi connectivity index (χ0v) is 19.8. The molecule has 1 aliphatic rings. The molecule has 4 rings (SSSR count). The summed E-state index contributed by atoms with van der Waals surface area (Å²) in [4.78, 5) is 21.6. The molecule has 2 aromatic carbocycles. The highest BCUT2D eigenvalue weighted by molar-refractivity contribution is 5.80. The normalized spacial score (nSPS) is 14.8. The summed E-state index contributed by atoms with van der Waals surface area (Å²) in [6.45, 7) is 6.06. The van der Waals surface area contributed by atoms with Crippen LogP contribution in [0.1, 0.15) is 17.7 Å². The molecule has 0 spiro atoms. The summed E-state index contributed by atoms with van der Waals surface area (Å²) in [5.41, 5.74) is 3.64. The molecule has 34 heavy (non-hydrogen) atoms. The zero-order valence-electron chi connectivity index (χ0n) is 19.8. The van der Waals surface area contributed by atoms with Gasteiger partial charge in [-0.05, 0) is 54.9 Å². The van der Waals surface area contributed by atoms with E-state index in [0.717, 1.165) is 60.9 Å². The number of Topliss-reactive ketones (excluding diaryl/α,β-unsaturated/α-hetero) is 1. The molecule has 1 aromatic heterocycles. The Balaban J connectivity index is 1.22. The number of ether oxygens (including phenoxy) is 1. The molecule has 3 aromatic rings. The third-order valence-corrected chi connectivity index (χ3v) is 6.24. The smallest absolute Gasteiger partial charge is 0.139 e. The van der Waals surface area contributed by atoms with E-state index < -0.39 is 0 Å². The molecule has 0 N–H and O–H groups in total. The van der Waals surface area contributed by atoms with E-state index in [-0.39, 0.29) is 18.0 Å². The Kier molecular flexibility index (Phi) is 8.39. The Hall–Kier alpha value is -3.09. The van der Waals surface area contributed by atoms with E-state index in [2.05, 4.69) is 21.8 Å². The SMILES string of the molecule is CN1CCN(CCOc2ccc(-c3ccc(CC(=O)CCc4cccc(F)c4)nc3)cc2)CC1. The Bertz CT molecular complexity index is 1060. The number of hydrogen-bond donors (Lipinski definition) is 0. The number of aromatic nitrogens is 1. The minimum absolute atomic E-state index is 0.0996. The van der Waals surface area contributed by atoms with Crippen molar-refractivity contribution in [1.29, 1.82) is 0 Å². The zero-order chi connectivity index (χ0) is 23.8. The number of ketones is 1. The molecular formula is C28H32FN3O2. The van der Waals surface area contributed by atoms with Crippen molar-refractivity contribution < 1.29 is 13.9 Å². The molecule has 5 nitrogen and oxygen atoms in total. The van der Waals surface area contributed by atoms with Crippen LogP contribution in [0.5, 0.6) is 5.75 Å². The number of carbonyl (C=O) groups is 1. The van der Waals surface area contributed by atoms with E-state index in [9.17, 15) is 9.18 Å². The van der Waals surface area contributed by atoms with Crippen LogP contribution in [0, 0.1) is 5.82 Å². The summed E-state index contributed by atoms with van der Waals surface area (Å²) in [6.07, 6.45) is 3.01. The fraction of sp³-hybridized carbons (Fsp3) is 0.357. The second kappa shape index (κ2) is 11.9. The van der Waals surface area contributed by atoms with Gasteiger partial charge in [-0.25, -0.2) is 4.39 Å². The monoisotopic (exact) mass is 461 g/mol. The maximum Gasteiger partial charge on any atom is 0.139 e. The van der Waals surface area contributed by atoms with Gasteiger partial charge in [0.15, 0.2) is 0 Å². The van der Waals surface area contributed by atoms with E-state index in [1.165, 1.54) is 12.1 Å². The minimum atomic E-state index is -0.271. The first kappa shape index (κ1) is 24.0. The Morgan fingerprint density at radius 2 is 1.76 bits per heavy atom. The van der Waals surface area contributed by atoms with E-state index in [1.54, 1.807) is 12.3 Å². The topological polar surface area (TPSA) is 45.7 Å². The van der Waals surface area contributed by atoms with Gasteiger partial charge >= 0.3 is 0 Å². The summed E-state index contributed by atoms with van der Waals surface area (Å²) in [5.74, 6) is 0.696. The van der Waals surface area contributed by atoms with Crippen molar-refractivity contribution in [2.75, 3.05) is 46.4 Å². The first-order valence-corrected chi connectivity index (χ1v) is 11.9. The van der Waals surface area contributed by atoms with Gasteiger partial charge in [0.2, 0.25) is 0 Å². The van der Waals surface area contributed by atoms with Crippen molar-refractivity contribution in [3.05, 3.63) is 83.9 Å². The van der Waals surface area contributed by atoms with Crippen LogP contribution in [0.2, 0.25) is 0 Å². The average Bonchev–Trinajstić information content (AvgIpc) is 2.85. The highest BCUT2D eigenvalue weighted by Gasteiger charge is 2.13. The fourth-order valence-electron chi connectivity index (χ4n) is 4.07. The van der Waals surface area contributed by atoms with Gasteiger partial charge in [0.25, 0.3) is 0 Å². The third-order valence-electron chi connectivity index (χ3n) is 6.24. The van der Waals surface area contributed by atoms with Crippen LogP contribution in [-0.4, -0.2) is 66.9 Å². The Labute approximate surface area is 201 Å². The predicted octanol–water partition coefficient (Wildman–Crippen LogP) is 4.26. The number of carbonyl (C=O) groups excluding carboxylic acids is 1. The lowest BCUT2D eigenvalue weighted by Gasteiger charge is -2.32. The molecule has 1 fully saturated rings. The minimum Gasteiger partial charge on any atom is -0.492 e. The van der Waals surface area contributed by atoms with Gasteiger partial charge in [-0.1, -0.05) is 30.3 Å². The van der Waals surface area contributed by atoms with Gasteiger partial charge in [0.1, 0.15) is 24.0 Å². The highest BCUT2D eigenvalue weighted by Crippen LogP contribution is 2.22. The number of halogens is 1. The second-order valence-corrected chi connectivity index (χ2v) is 8.90. The van der Waals surface area contributed by atoms with Gasteiger partial charge in [-0.2, -0.15) is 0 Å². The second-order valence-electron chi connectivity index (χ2n) is 8.90. The van der Waals surface area contributed by atoms with Crippen LogP contribution in [0.25, 0.3) is 11.1 Å². The van der Waals surface area contributed by atoms with Crippen LogP contribution >= 0.6 is 0 Å². The van der Waals surface area contributed by atoms with Crippen LogP contribution in [0.3, 0.4) is 0 Å². The van der Waals surface area contributed by atoms with Crippen LogP contribution in [0.4, 0.5) is 4.39 Å². The van der Waals surface area contributed by atoms with E-state index >= 15 is 0 Å². The predicted molar refractivity (Wildman–Crippen MR) is 133 cm³/mol. The molecule has 0 radical (unpaired) electrons. The van der Waals surface area contributed by atoms with Crippen LogP contribution in [-0.2, 0) is 17.6 Å². The van der Waals surface area contributed by atoms with E-state index in [4.69, 9.17) is 4.74 Å². The summed E-state index contributed by atoms with van der Waals surface area (Å²) < 4.78 is 19.2. The fourth-order valence-corrected chi connectivity index (χ4v) is 4.07. The first-order valence-electron chi connectivity index (χ1n) is 11.9. The highest BCUT2D eigenvalue weighted by atomic mass is 19.1. The molecule has 1 aliphatic heterocycles. The lowest BCUT2D eigenvalue weighted by molar-refractivity contribution is -0.118. The average molecular weight is 462 g/mol. The third kappa shape index (κ3) is 7.20. The molecule has 0 bridgehead atoms. The van der Waals surface area contributed by atoms with Gasteiger partial charge in [0.05, 0.1) is 0 Å². The number of benzene rings is 2. The number of hydrogen-bond acceptors (Lipinski definition) is 5. The summed E-state index contributed by atoms with van der Waals surface area (Å²) in [6, 6.07) is 18.3. The van der Waals surface area contributed by atoms with Gasteiger partial charge in [0, 0.05) is 63.0 Å². The number of likely N-dealkylation sites (N-methyl/N-ethyl adjacent to an activating group) is 1. The molecule has 2 heterocycles. The number of aryl methyl sites for hydroxylation is 1. The van der Waals surface area contributed by atoms with Gasteiger partial charge < -0.3 is 9.64 Å². The van der Waals surface area contributed by atoms with Gasteiger partial charge in [-0.3, -0.25) is 14.7 Å². The van der Waals surface area contributed by atoms with Gasteiger partial charge in [-0.15, -0.1) is 0 Å². The number of pyridine rings is 1. The quantitative estimate of drug-likeness (QED) is 0.452. The molecule has 178 valence electrons. The molecule has 0 unspecified atom stereocenters. The summed E-state index contributed by atoms with van der Waals surface area (Å²) in [5, 5.41) is 0. The van der Waals surface area contributed by atoms with Crippen molar-refractivity contribution in [2.24, 2.45) is 0 Å². The number of piperazine rings is 1. The maximum absolute atomic E-state index is 13.3. The number of rotatable bonds is 10. The molecule has 6 heteroatoms. The lowest BCUT2D eigenvalue weighted by atomic mass is 10.0. The summed E-state index contributed by atoms with van der Waals surface area (Å²) in [7, 11) is 2.16. The van der Waals surface area contributed by atoms with Crippen LogP contribution < -0.4 is 4.74 Å². The summed E-state index contributed by atoms with van der Waals surface area (Å²) >= 11 is 0. The van der Waals surface area contributed by atoms with Crippen molar-refractivity contribution in [3.63, 3.8) is 0 Å². The van der Waals surface area contributed by atoms with Crippen molar-refractivity contribution in [3.8, 4) is 16.9 Å². The van der Waals surface area contributed by atoms with E-state index in [1.807, 2.05) is 42.5 Å². The largest absolute Gasteiger partial charge is 0.492 e.